The fourth-order valence-electron chi connectivity index (χ4n) is 1.70. The lowest BCUT2D eigenvalue weighted by molar-refractivity contribution is -0.137. The highest BCUT2D eigenvalue weighted by Crippen LogP contribution is 2.35. The smallest absolute Gasteiger partial charge is 0.399 e. The second-order valence-electron chi connectivity index (χ2n) is 4.23. The third-order valence-electron chi connectivity index (χ3n) is 2.73. The maximum absolute atomic E-state index is 12.6. The van der Waals surface area contributed by atoms with Crippen LogP contribution in [0.4, 0.5) is 30.2 Å². The van der Waals surface area contributed by atoms with Crippen LogP contribution in [0.3, 0.4) is 0 Å². The number of anilines is 3. The molecule has 0 aromatic heterocycles. The van der Waals surface area contributed by atoms with E-state index in [1.807, 2.05) is 6.07 Å². The molecule has 0 heterocycles. The predicted molar refractivity (Wildman–Crippen MR) is 75.3 cm³/mol. The first kappa shape index (κ1) is 15.0. The summed E-state index contributed by atoms with van der Waals surface area (Å²) in [7, 11) is 0. The number of alkyl halides is 3. The molecular formula is C14H9ClF3N3. The molecule has 0 aliphatic carbocycles. The lowest BCUT2D eigenvalue weighted by Gasteiger charge is -2.13. The maximum Gasteiger partial charge on any atom is 0.416 e. The molecule has 0 spiro atoms. The lowest BCUT2D eigenvalue weighted by Crippen LogP contribution is -2.05. The van der Waals surface area contributed by atoms with Crippen molar-refractivity contribution in [1.82, 2.24) is 0 Å². The van der Waals surface area contributed by atoms with Crippen molar-refractivity contribution in [2.24, 2.45) is 0 Å². The molecule has 0 fully saturated rings. The summed E-state index contributed by atoms with van der Waals surface area (Å²) in [5, 5.41) is 11.7. The summed E-state index contributed by atoms with van der Waals surface area (Å²) < 4.78 is 37.7. The Hall–Kier alpha value is -2.39. The predicted octanol–water partition coefficient (Wildman–Crippen LogP) is 4.56. The van der Waals surface area contributed by atoms with Crippen molar-refractivity contribution in [2.75, 3.05) is 11.1 Å². The van der Waals surface area contributed by atoms with E-state index in [9.17, 15) is 13.2 Å². The van der Waals surface area contributed by atoms with Crippen molar-refractivity contribution in [3.63, 3.8) is 0 Å². The van der Waals surface area contributed by atoms with Gasteiger partial charge in [-0.15, -0.1) is 0 Å². The molecule has 7 heteroatoms. The minimum absolute atomic E-state index is 0.0921. The molecule has 0 aliphatic heterocycles. The van der Waals surface area contributed by atoms with Gasteiger partial charge in [-0.3, -0.25) is 0 Å². The highest BCUT2D eigenvalue weighted by atomic mass is 35.5. The molecule has 0 aliphatic rings. The van der Waals surface area contributed by atoms with Gasteiger partial charge in [-0.2, -0.15) is 18.4 Å². The Morgan fingerprint density at radius 3 is 2.33 bits per heavy atom. The molecule has 3 nitrogen and oxygen atoms in total. The largest absolute Gasteiger partial charge is 0.416 e. The third kappa shape index (κ3) is 3.38. The van der Waals surface area contributed by atoms with Gasteiger partial charge < -0.3 is 11.1 Å². The lowest BCUT2D eigenvalue weighted by atomic mass is 10.1. The Morgan fingerprint density at radius 2 is 1.76 bits per heavy atom. The number of nitrogen functional groups attached to an aromatic ring is 1. The molecule has 0 radical (unpaired) electrons. The van der Waals surface area contributed by atoms with Crippen molar-refractivity contribution >= 4 is 28.7 Å². The van der Waals surface area contributed by atoms with E-state index in [1.54, 1.807) is 12.1 Å². The van der Waals surface area contributed by atoms with Crippen LogP contribution >= 0.6 is 11.6 Å². The van der Waals surface area contributed by atoms with Crippen LogP contribution in [0.15, 0.2) is 36.4 Å². The van der Waals surface area contributed by atoms with E-state index in [-0.39, 0.29) is 16.3 Å². The Balaban J connectivity index is 2.35. The Kier molecular flexibility index (Phi) is 3.96. The van der Waals surface area contributed by atoms with Crippen LogP contribution in [0.5, 0.6) is 0 Å². The number of hydrogen-bond acceptors (Lipinski definition) is 3. The van der Waals surface area contributed by atoms with Gasteiger partial charge in [-0.25, -0.2) is 0 Å². The molecule has 2 aromatic rings. The molecule has 0 amide bonds. The monoisotopic (exact) mass is 311 g/mol. The number of nitrogens with one attached hydrogen (secondary N) is 1. The van der Waals surface area contributed by atoms with E-state index in [2.05, 4.69) is 5.32 Å². The molecule has 0 unspecified atom stereocenters. The molecule has 21 heavy (non-hydrogen) atoms. The average molecular weight is 312 g/mol. The quantitative estimate of drug-likeness (QED) is 0.799. The number of nitrogens with two attached hydrogens (primary N) is 1. The maximum atomic E-state index is 12.6. The van der Waals surface area contributed by atoms with Gasteiger partial charge in [0.2, 0.25) is 0 Å². The summed E-state index contributed by atoms with van der Waals surface area (Å²) in [6, 6.07) is 9.48. The Labute approximate surface area is 123 Å². The summed E-state index contributed by atoms with van der Waals surface area (Å²) in [6.07, 6.45) is -4.46. The second-order valence-corrected chi connectivity index (χ2v) is 4.64. The zero-order valence-corrected chi connectivity index (χ0v) is 11.3. The topological polar surface area (TPSA) is 61.8 Å². The van der Waals surface area contributed by atoms with E-state index < -0.39 is 11.7 Å². The van der Waals surface area contributed by atoms with Gasteiger partial charge in [0, 0.05) is 5.69 Å². The SMILES string of the molecule is N#Cc1cc(N)ccc1Nc1ccc(C(F)(F)F)cc1Cl. The van der Waals surface area contributed by atoms with Crippen molar-refractivity contribution < 1.29 is 13.2 Å². The van der Waals surface area contributed by atoms with E-state index in [4.69, 9.17) is 22.6 Å². The molecule has 0 saturated heterocycles. The van der Waals surface area contributed by atoms with Crippen molar-refractivity contribution in [1.29, 1.82) is 5.26 Å². The normalized spacial score (nSPS) is 11.0. The zero-order valence-electron chi connectivity index (χ0n) is 10.5. The van der Waals surface area contributed by atoms with Crippen molar-refractivity contribution in [3.8, 4) is 6.07 Å². The number of hydrogen-bond donors (Lipinski definition) is 2. The van der Waals surface area contributed by atoms with Gasteiger partial charge >= 0.3 is 6.18 Å². The second kappa shape index (κ2) is 5.54. The first-order valence-electron chi connectivity index (χ1n) is 5.74. The highest BCUT2D eigenvalue weighted by molar-refractivity contribution is 6.33. The molecule has 2 rings (SSSR count). The number of benzene rings is 2. The number of nitriles is 1. The van der Waals surface area contributed by atoms with Crippen LogP contribution in [0.25, 0.3) is 0 Å². The van der Waals surface area contributed by atoms with Crippen LogP contribution < -0.4 is 11.1 Å². The van der Waals surface area contributed by atoms with Gasteiger partial charge in [0.15, 0.2) is 0 Å². The molecule has 2 aromatic carbocycles. The van der Waals surface area contributed by atoms with E-state index >= 15 is 0 Å². The van der Waals surface area contributed by atoms with Crippen molar-refractivity contribution in [3.05, 3.63) is 52.5 Å². The summed E-state index contributed by atoms with van der Waals surface area (Å²) in [5.74, 6) is 0. The van der Waals surface area contributed by atoms with Crippen LogP contribution in [0.1, 0.15) is 11.1 Å². The summed E-state index contributed by atoms with van der Waals surface area (Å²) in [4.78, 5) is 0. The Morgan fingerprint density at radius 1 is 1.10 bits per heavy atom. The van der Waals surface area contributed by atoms with Gasteiger partial charge in [-0.1, -0.05) is 11.6 Å². The van der Waals surface area contributed by atoms with E-state index in [0.717, 1.165) is 12.1 Å². The van der Waals surface area contributed by atoms with E-state index in [0.29, 0.717) is 11.4 Å². The first-order chi connectivity index (χ1) is 9.81. The average Bonchev–Trinajstić information content (AvgIpc) is 2.41. The van der Waals surface area contributed by atoms with Gasteiger partial charge in [0.25, 0.3) is 0 Å². The van der Waals surface area contributed by atoms with Crippen LogP contribution in [0, 0.1) is 11.3 Å². The molecule has 0 saturated carbocycles. The minimum Gasteiger partial charge on any atom is -0.399 e. The molecule has 0 atom stereocenters. The molecular weight excluding hydrogens is 303 g/mol. The van der Waals surface area contributed by atoms with Crippen LogP contribution in [-0.2, 0) is 6.18 Å². The molecule has 0 bridgehead atoms. The number of nitrogens with zero attached hydrogens (tertiary/aromatic N) is 1. The minimum atomic E-state index is -4.46. The fraction of sp³-hybridized carbons (Fsp3) is 0.0714. The van der Waals surface area contributed by atoms with Gasteiger partial charge in [-0.05, 0) is 36.4 Å². The molecule has 3 N–H and O–H groups in total. The van der Waals surface area contributed by atoms with Crippen LogP contribution in [-0.4, -0.2) is 0 Å². The Bertz CT molecular complexity index is 720. The number of halogens is 4. The summed E-state index contributed by atoms with van der Waals surface area (Å²) >= 11 is 5.84. The third-order valence-corrected chi connectivity index (χ3v) is 3.04. The van der Waals surface area contributed by atoms with Gasteiger partial charge in [0.1, 0.15) is 6.07 Å². The van der Waals surface area contributed by atoms with Crippen molar-refractivity contribution in [2.45, 2.75) is 6.18 Å². The zero-order chi connectivity index (χ0) is 15.6. The highest BCUT2D eigenvalue weighted by Gasteiger charge is 2.30. The van der Waals surface area contributed by atoms with Crippen LogP contribution in [0.2, 0.25) is 5.02 Å². The summed E-state index contributed by atoms with van der Waals surface area (Å²) in [6.45, 7) is 0. The summed E-state index contributed by atoms with van der Waals surface area (Å²) in [5.41, 5.74) is 6.09. The fourth-order valence-corrected chi connectivity index (χ4v) is 1.93. The molecule has 108 valence electrons. The standard InChI is InChI=1S/C14H9ClF3N3/c15-11-6-9(14(16,17)18)1-3-13(11)21-12-4-2-10(20)5-8(12)7-19/h1-6,21H,20H2. The van der Waals surface area contributed by atoms with E-state index in [1.165, 1.54) is 12.1 Å². The van der Waals surface area contributed by atoms with Gasteiger partial charge in [0.05, 0.1) is 27.5 Å². The number of rotatable bonds is 2. The first-order valence-corrected chi connectivity index (χ1v) is 6.12.